The molecule has 0 saturated heterocycles. The maximum absolute atomic E-state index is 12.7. The number of para-hydroxylation sites is 1. The van der Waals surface area contributed by atoms with Gasteiger partial charge in [-0.25, -0.2) is 4.39 Å². The molecule has 2 radical (unpaired) electrons. The average Bonchev–Trinajstić information content (AvgIpc) is 2.34. The van der Waals surface area contributed by atoms with Gasteiger partial charge in [0.05, 0.1) is 0 Å². The monoisotopic (exact) mass is 136 g/mol. The second kappa shape index (κ2) is 1.97. The zero-order valence-corrected chi connectivity index (χ0v) is 5.17. The van der Waals surface area contributed by atoms with Crippen LogP contribution in [0, 0.1) is 6.61 Å². The van der Waals surface area contributed by atoms with Crippen molar-refractivity contribution in [3.05, 3.63) is 36.4 Å². The topological polar surface area (TPSA) is 9.23 Å². The van der Waals surface area contributed by atoms with E-state index >= 15 is 0 Å². The van der Waals surface area contributed by atoms with Gasteiger partial charge < -0.3 is 4.74 Å². The third-order valence-corrected chi connectivity index (χ3v) is 1.46. The Morgan fingerprint density at radius 3 is 3.00 bits per heavy atom. The summed E-state index contributed by atoms with van der Waals surface area (Å²) < 4.78 is 17.5. The van der Waals surface area contributed by atoms with Crippen LogP contribution in [0.15, 0.2) is 24.3 Å². The van der Waals surface area contributed by atoms with Crippen LogP contribution >= 0.6 is 0 Å². The maximum Gasteiger partial charge on any atom is 0.238 e. The Kier molecular flexibility index (Phi) is 1.13. The molecule has 1 aromatic rings. The minimum atomic E-state index is -1.17. The second-order valence-corrected chi connectivity index (χ2v) is 2.12. The van der Waals surface area contributed by atoms with E-state index in [0.717, 1.165) is 0 Å². The van der Waals surface area contributed by atoms with Crippen molar-refractivity contribution in [3.8, 4) is 5.75 Å². The van der Waals surface area contributed by atoms with Gasteiger partial charge in [-0.3, -0.25) is 0 Å². The first kappa shape index (κ1) is 5.71. The molecule has 1 aliphatic rings. The molecule has 1 heterocycles. The van der Waals surface area contributed by atoms with Crippen molar-refractivity contribution >= 4 is 0 Å². The number of hydrogen-bond acceptors (Lipinski definition) is 1. The van der Waals surface area contributed by atoms with Crippen LogP contribution in [0.25, 0.3) is 0 Å². The van der Waals surface area contributed by atoms with Gasteiger partial charge in [0.2, 0.25) is 6.61 Å². The van der Waals surface area contributed by atoms with E-state index in [4.69, 9.17) is 4.74 Å². The van der Waals surface area contributed by atoms with Gasteiger partial charge in [0.25, 0.3) is 0 Å². The van der Waals surface area contributed by atoms with Crippen LogP contribution in [0.2, 0.25) is 0 Å². The highest BCUT2D eigenvalue weighted by molar-refractivity contribution is 5.39. The van der Waals surface area contributed by atoms with Crippen molar-refractivity contribution in [3.63, 3.8) is 0 Å². The van der Waals surface area contributed by atoms with Gasteiger partial charge in [0, 0.05) is 5.56 Å². The highest BCUT2D eigenvalue weighted by Crippen LogP contribution is 2.36. The fourth-order valence-electron chi connectivity index (χ4n) is 0.962. The highest BCUT2D eigenvalue weighted by Gasteiger charge is 2.24. The summed E-state index contributed by atoms with van der Waals surface area (Å²) in [6.07, 6.45) is -1.17. The summed E-state index contributed by atoms with van der Waals surface area (Å²) in [7, 11) is 0. The molecular weight excluding hydrogens is 131 g/mol. The molecule has 1 nitrogen and oxygen atoms in total. The van der Waals surface area contributed by atoms with Crippen molar-refractivity contribution in [1.29, 1.82) is 0 Å². The number of halogens is 1. The standard InChI is InChI=1S/C8H5FO/c9-7-5-10-8-4-2-1-3-6(7)8/h1-4,7H. The van der Waals surface area contributed by atoms with Crippen molar-refractivity contribution in [1.82, 2.24) is 0 Å². The first-order chi connectivity index (χ1) is 4.88. The van der Waals surface area contributed by atoms with Gasteiger partial charge >= 0.3 is 0 Å². The molecule has 0 amide bonds. The summed E-state index contributed by atoms with van der Waals surface area (Å²) in [4.78, 5) is 0. The third kappa shape index (κ3) is 0.685. The molecule has 0 spiro atoms. The van der Waals surface area contributed by atoms with Gasteiger partial charge in [0.1, 0.15) is 5.75 Å². The van der Waals surface area contributed by atoms with Gasteiger partial charge in [-0.15, -0.1) is 0 Å². The molecule has 0 N–H and O–H groups in total. The van der Waals surface area contributed by atoms with Crippen LogP contribution in [-0.4, -0.2) is 0 Å². The van der Waals surface area contributed by atoms with Crippen molar-refractivity contribution in [2.45, 2.75) is 6.17 Å². The number of benzene rings is 1. The summed E-state index contributed by atoms with van der Waals surface area (Å²) in [6.45, 7) is 2.22. The van der Waals surface area contributed by atoms with Crippen LogP contribution < -0.4 is 4.74 Å². The second-order valence-electron chi connectivity index (χ2n) is 2.12. The first-order valence-corrected chi connectivity index (χ1v) is 3.03. The molecule has 2 rings (SSSR count). The van der Waals surface area contributed by atoms with Crippen LogP contribution in [0.1, 0.15) is 11.7 Å². The van der Waals surface area contributed by atoms with E-state index in [9.17, 15) is 4.39 Å². The van der Waals surface area contributed by atoms with E-state index in [1.165, 1.54) is 0 Å². The summed E-state index contributed by atoms with van der Waals surface area (Å²) in [5.41, 5.74) is 0.572. The fourth-order valence-corrected chi connectivity index (χ4v) is 0.962. The molecule has 0 saturated carbocycles. The lowest BCUT2D eigenvalue weighted by atomic mass is 10.1. The number of ether oxygens (including phenoxy) is 1. The van der Waals surface area contributed by atoms with Crippen molar-refractivity contribution in [2.75, 3.05) is 0 Å². The molecular formula is C8H5FO. The van der Waals surface area contributed by atoms with E-state index in [-0.39, 0.29) is 0 Å². The summed E-state index contributed by atoms with van der Waals surface area (Å²) >= 11 is 0. The minimum Gasteiger partial charge on any atom is -0.474 e. The number of rotatable bonds is 0. The van der Waals surface area contributed by atoms with E-state index < -0.39 is 6.17 Å². The zero-order chi connectivity index (χ0) is 6.97. The quantitative estimate of drug-likeness (QED) is 0.530. The normalized spacial score (nSPS) is 21.9. The lowest BCUT2D eigenvalue weighted by Crippen LogP contribution is -1.82. The molecule has 50 valence electrons. The molecule has 0 aromatic heterocycles. The van der Waals surface area contributed by atoms with E-state index in [1.54, 1.807) is 24.3 Å². The fraction of sp³-hybridized carbons (Fsp3) is 0.125. The number of fused-ring (bicyclic) bond motifs is 1. The van der Waals surface area contributed by atoms with Gasteiger partial charge in [-0.05, 0) is 6.07 Å². The third-order valence-electron chi connectivity index (χ3n) is 1.46. The van der Waals surface area contributed by atoms with Gasteiger partial charge in [-0.2, -0.15) is 0 Å². The lowest BCUT2D eigenvalue weighted by Gasteiger charge is -1.93. The van der Waals surface area contributed by atoms with Crippen LogP contribution in [0.4, 0.5) is 4.39 Å². The molecule has 2 heteroatoms. The van der Waals surface area contributed by atoms with Gasteiger partial charge in [-0.1, -0.05) is 18.2 Å². The maximum atomic E-state index is 12.7. The molecule has 0 aliphatic carbocycles. The number of alkyl halides is 1. The molecule has 1 aromatic carbocycles. The first-order valence-electron chi connectivity index (χ1n) is 3.03. The van der Waals surface area contributed by atoms with Gasteiger partial charge in [0.15, 0.2) is 6.17 Å². The van der Waals surface area contributed by atoms with Crippen LogP contribution in [0.3, 0.4) is 0 Å². The molecule has 1 unspecified atom stereocenters. The van der Waals surface area contributed by atoms with Crippen molar-refractivity contribution < 1.29 is 9.13 Å². The van der Waals surface area contributed by atoms with Crippen LogP contribution in [0.5, 0.6) is 5.75 Å². The number of hydrogen-bond donors (Lipinski definition) is 0. The molecule has 0 fully saturated rings. The summed E-state index contributed by atoms with van der Waals surface area (Å²) in [6, 6.07) is 7.00. The summed E-state index contributed by atoms with van der Waals surface area (Å²) in [5.74, 6) is 0.579. The van der Waals surface area contributed by atoms with Crippen molar-refractivity contribution in [2.24, 2.45) is 0 Å². The molecule has 1 atom stereocenters. The minimum absolute atomic E-state index is 0.572. The smallest absolute Gasteiger partial charge is 0.238 e. The average molecular weight is 136 g/mol. The zero-order valence-electron chi connectivity index (χ0n) is 5.17. The molecule has 1 aliphatic heterocycles. The predicted molar refractivity (Wildman–Crippen MR) is 34.2 cm³/mol. The van der Waals surface area contributed by atoms with E-state index in [0.29, 0.717) is 11.3 Å². The Morgan fingerprint density at radius 1 is 1.40 bits per heavy atom. The molecule has 10 heavy (non-hydrogen) atoms. The Bertz CT molecular complexity index is 247. The Balaban J connectivity index is 2.51. The summed E-state index contributed by atoms with van der Waals surface area (Å²) in [5, 5.41) is 0. The SMILES string of the molecule is FC1[C]Oc2ccccc21. The largest absolute Gasteiger partial charge is 0.474 e. The molecule has 0 bridgehead atoms. The van der Waals surface area contributed by atoms with Crippen LogP contribution in [-0.2, 0) is 0 Å². The Morgan fingerprint density at radius 2 is 2.20 bits per heavy atom. The van der Waals surface area contributed by atoms with E-state index in [2.05, 4.69) is 6.61 Å². The lowest BCUT2D eigenvalue weighted by molar-refractivity contribution is 0.313. The van der Waals surface area contributed by atoms with E-state index in [1.807, 2.05) is 0 Å². The highest BCUT2D eigenvalue weighted by atomic mass is 19.1. The Labute approximate surface area is 58.4 Å². The predicted octanol–water partition coefficient (Wildman–Crippen LogP) is 2.13. The Hall–Kier alpha value is -1.05.